The number of hydrogen-bond acceptors (Lipinski definition) is 6. The zero-order valence-electron chi connectivity index (χ0n) is 9.97. The average Bonchev–Trinajstić information content (AvgIpc) is 2.89. The lowest BCUT2D eigenvalue weighted by molar-refractivity contribution is 0.145. The Morgan fingerprint density at radius 1 is 1.61 bits per heavy atom. The Bertz CT molecular complexity index is 399. The van der Waals surface area contributed by atoms with E-state index in [0.29, 0.717) is 29.9 Å². The third kappa shape index (κ3) is 3.01. The molecule has 0 aromatic carbocycles. The first-order valence-electron chi connectivity index (χ1n) is 5.90. The van der Waals surface area contributed by atoms with E-state index in [1.54, 1.807) is 0 Å². The minimum absolute atomic E-state index is 0.110. The Morgan fingerprint density at radius 2 is 2.44 bits per heavy atom. The van der Waals surface area contributed by atoms with Gasteiger partial charge < -0.3 is 20.9 Å². The summed E-state index contributed by atoms with van der Waals surface area (Å²) in [6, 6.07) is 0. The number of nitrogens with two attached hydrogens (primary N) is 1. The smallest absolute Gasteiger partial charge is 0.150 e. The number of ether oxygens (including phenoxy) is 1. The maximum absolute atomic E-state index is 9.40. The summed E-state index contributed by atoms with van der Waals surface area (Å²) in [6.45, 7) is 2.16. The molecule has 2 heterocycles. The largest absolute Gasteiger partial charge is 0.396 e. The van der Waals surface area contributed by atoms with Crippen LogP contribution in [0, 0.1) is 11.8 Å². The normalized spacial score (nSPS) is 20.9. The van der Waals surface area contributed by atoms with Crippen molar-refractivity contribution in [1.29, 1.82) is 0 Å². The number of aliphatic hydroxyl groups is 1. The molecule has 1 fully saturated rings. The van der Waals surface area contributed by atoms with Crippen molar-refractivity contribution < 1.29 is 9.84 Å². The molecule has 100 valence electrons. The molecule has 0 aliphatic carbocycles. The number of nitrogen functional groups attached to an aromatic ring is 1. The molecule has 1 aromatic rings. The second kappa shape index (κ2) is 6.17. The number of anilines is 2. The Hall–Kier alpha value is -1.11. The highest BCUT2D eigenvalue weighted by Crippen LogP contribution is 2.26. The maximum Gasteiger partial charge on any atom is 0.150 e. The van der Waals surface area contributed by atoms with Gasteiger partial charge in [0.25, 0.3) is 0 Å². The molecule has 2 unspecified atom stereocenters. The number of halogens is 1. The van der Waals surface area contributed by atoms with Crippen LogP contribution in [0.15, 0.2) is 6.33 Å². The lowest BCUT2D eigenvalue weighted by Crippen LogP contribution is -2.27. The van der Waals surface area contributed by atoms with E-state index in [1.807, 2.05) is 0 Å². The van der Waals surface area contributed by atoms with Crippen molar-refractivity contribution in [2.24, 2.45) is 11.8 Å². The summed E-state index contributed by atoms with van der Waals surface area (Å²) < 4.78 is 5.32. The first-order valence-corrected chi connectivity index (χ1v) is 6.28. The van der Waals surface area contributed by atoms with E-state index >= 15 is 0 Å². The van der Waals surface area contributed by atoms with Crippen molar-refractivity contribution in [2.45, 2.75) is 6.42 Å². The molecule has 1 aliphatic rings. The first kappa shape index (κ1) is 13.3. The summed E-state index contributed by atoms with van der Waals surface area (Å²) in [5.74, 6) is 1.25. The molecular formula is C11H17ClN4O2. The summed E-state index contributed by atoms with van der Waals surface area (Å²) in [7, 11) is 0. The van der Waals surface area contributed by atoms with Gasteiger partial charge in [0.05, 0.1) is 0 Å². The van der Waals surface area contributed by atoms with Gasteiger partial charge in [0.2, 0.25) is 0 Å². The van der Waals surface area contributed by atoms with Gasteiger partial charge in [-0.15, -0.1) is 0 Å². The van der Waals surface area contributed by atoms with Crippen LogP contribution < -0.4 is 11.1 Å². The first-order chi connectivity index (χ1) is 8.72. The lowest BCUT2D eigenvalue weighted by atomic mass is 9.92. The molecule has 2 rings (SSSR count). The molecule has 6 nitrogen and oxygen atoms in total. The third-order valence-corrected chi connectivity index (χ3v) is 3.59. The van der Waals surface area contributed by atoms with Gasteiger partial charge in [-0.05, 0) is 12.3 Å². The molecule has 1 aliphatic heterocycles. The van der Waals surface area contributed by atoms with Crippen molar-refractivity contribution in [2.75, 3.05) is 37.4 Å². The predicted octanol–water partition coefficient (Wildman–Crippen LogP) is 0.769. The summed E-state index contributed by atoms with van der Waals surface area (Å²) >= 11 is 5.98. The van der Waals surface area contributed by atoms with Crippen LogP contribution in [0.5, 0.6) is 0 Å². The predicted molar refractivity (Wildman–Crippen MR) is 69.4 cm³/mol. The summed E-state index contributed by atoms with van der Waals surface area (Å²) in [5, 5.41) is 12.8. The van der Waals surface area contributed by atoms with Crippen LogP contribution in [0.4, 0.5) is 11.6 Å². The van der Waals surface area contributed by atoms with Crippen molar-refractivity contribution in [3.63, 3.8) is 0 Å². The number of nitrogens with one attached hydrogen (secondary N) is 1. The summed E-state index contributed by atoms with van der Waals surface area (Å²) in [5.41, 5.74) is 5.59. The molecule has 0 amide bonds. The van der Waals surface area contributed by atoms with Crippen molar-refractivity contribution in [1.82, 2.24) is 9.97 Å². The van der Waals surface area contributed by atoms with E-state index in [0.717, 1.165) is 13.0 Å². The van der Waals surface area contributed by atoms with E-state index < -0.39 is 0 Å². The zero-order chi connectivity index (χ0) is 13.0. The minimum atomic E-state index is 0.110. The van der Waals surface area contributed by atoms with Crippen LogP contribution in [0.3, 0.4) is 0 Å². The van der Waals surface area contributed by atoms with Crippen molar-refractivity contribution in [3.8, 4) is 0 Å². The van der Waals surface area contributed by atoms with Gasteiger partial charge in [-0.2, -0.15) is 0 Å². The fourth-order valence-corrected chi connectivity index (χ4v) is 2.20. The quantitative estimate of drug-likeness (QED) is 0.733. The molecule has 7 heteroatoms. The number of aromatic nitrogens is 2. The monoisotopic (exact) mass is 272 g/mol. The summed E-state index contributed by atoms with van der Waals surface area (Å²) in [6.07, 6.45) is 2.34. The average molecular weight is 273 g/mol. The number of nitrogens with zero attached hydrogens (tertiary/aromatic N) is 2. The molecule has 4 N–H and O–H groups in total. The Morgan fingerprint density at radius 3 is 3.11 bits per heavy atom. The summed E-state index contributed by atoms with van der Waals surface area (Å²) in [4.78, 5) is 7.81. The van der Waals surface area contributed by atoms with Gasteiger partial charge in [-0.3, -0.25) is 0 Å². The maximum atomic E-state index is 9.40. The second-order valence-electron chi connectivity index (χ2n) is 4.37. The zero-order valence-corrected chi connectivity index (χ0v) is 10.7. The topological polar surface area (TPSA) is 93.3 Å². The van der Waals surface area contributed by atoms with Gasteiger partial charge in [-0.25, -0.2) is 9.97 Å². The lowest BCUT2D eigenvalue weighted by Gasteiger charge is -2.21. The SMILES string of the molecule is Nc1ncnc(NCC(CO)C2CCOC2)c1Cl. The molecule has 1 saturated heterocycles. The number of hydrogen-bond donors (Lipinski definition) is 3. The molecule has 1 aromatic heterocycles. The van der Waals surface area contributed by atoms with E-state index in [9.17, 15) is 5.11 Å². The van der Waals surface area contributed by atoms with Gasteiger partial charge >= 0.3 is 0 Å². The molecule has 2 atom stereocenters. The van der Waals surface area contributed by atoms with Crippen LogP contribution >= 0.6 is 11.6 Å². The molecular weight excluding hydrogens is 256 g/mol. The van der Waals surface area contributed by atoms with E-state index in [4.69, 9.17) is 22.1 Å². The second-order valence-corrected chi connectivity index (χ2v) is 4.75. The van der Waals surface area contributed by atoms with E-state index in [1.165, 1.54) is 6.33 Å². The molecule has 0 radical (unpaired) electrons. The fourth-order valence-electron chi connectivity index (χ4n) is 2.04. The van der Waals surface area contributed by atoms with Crippen molar-refractivity contribution in [3.05, 3.63) is 11.3 Å². The van der Waals surface area contributed by atoms with Crippen LogP contribution in [0.25, 0.3) is 0 Å². The van der Waals surface area contributed by atoms with Crippen molar-refractivity contribution >= 4 is 23.2 Å². The minimum Gasteiger partial charge on any atom is -0.396 e. The van der Waals surface area contributed by atoms with E-state index in [2.05, 4.69) is 15.3 Å². The van der Waals surface area contributed by atoms with Crippen LogP contribution in [0.2, 0.25) is 5.02 Å². The van der Waals surface area contributed by atoms with Crippen LogP contribution in [-0.4, -0.2) is 41.4 Å². The van der Waals surface area contributed by atoms with Crippen LogP contribution in [0.1, 0.15) is 6.42 Å². The highest BCUT2D eigenvalue weighted by Gasteiger charge is 2.25. The Labute approximate surface area is 111 Å². The van der Waals surface area contributed by atoms with Crippen LogP contribution in [-0.2, 0) is 4.74 Å². The molecule has 0 bridgehead atoms. The highest BCUT2D eigenvalue weighted by molar-refractivity contribution is 6.35. The third-order valence-electron chi connectivity index (χ3n) is 3.21. The Kier molecular flexibility index (Phi) is 4.57. The van der Waals surface area contributed by atoms with E-state index in [-0.39, 0.29) is 18.3 Å². The fraction of sp³-hybridized carbons (Fsp3) is 0.636. The number of aliphatic hydroxyl groups excluding tert-OH is 1. The molecule has 18 heavy (non-hydrogen) atoms. The Balaban J connectivity index is 1.94. The molecule has 0 saturated carbocycles. The van der Waals surface area contributed by atoms with Gasteiger partial charge in [0, 0.05) is 32.3 Å². The van der Waals surface area contributed by atoms with Gasteiger partial charge in [-0.1, -0.05) is 11.6 Å². The van der Waals surface area contributed by atoms with Gasteiger partial charge in [0.1, 0.15) is 23.0 Å². The molecule has 0 spiro atoms. The number of rotatable bonds is 5. The highest BCUT2D eigenvalue weighted by atomic mass is 35.5. The van der Waals surface area contributed by atoms with Gasteiger partial charge in [0.15, 0.2) is 0 Å². The standard InChI is InChI=1S/C11H17ClN4O2/c12-9-10(13)15-6-16-11(9)14-3-8(4-17)7-1-2-18-5-7/h6-8,17H,1-5H2,(H3,13,14,15,16).